The molecule has 0 aliphatic heterocycles. The predicted octanol–water partition coefficient (Wildman–Crippen LogP) is 4.95. The average Bonchev–Trinajstić information content (AvgIpc) is 2.99. The Hall–Kier alpha value is -2.60. The lowest BCUT2D eigenvalue weighted by atomic mass is 10.1. The summed E-state index contributed by atoms with van der Waals surface area (Å²) in [6.07, 6.45) is 3.45. The van der Waals surface area contributed by atoms with Gasteiger partial charge in [-0.15, -0.1) is 0 Å². The quantitative estimate of drug-likeness (QED) is 0.652. The Morgan fingerprint density at radius 3 is 2.60 bits per heavy atom. The SMILES string of the molecule is Cc1ccc(NC(=O)Nc2cnn(Cc3ccc(Br)cc3)c2)c(C)c1. The van der Waals surface area contributed by atoms with Crippen LogP contribution in [-0.2, 0) is 6.54 Å². The van der Waals surface area contributed by atoms with Gasteiger partial charge in [0.05, 0.1) is 18.4 Å². The highest BCUT2D eigenvalue weighted by Crippen LogP contribution is 2.17. The van der Waals surface area contributed by atoms with E-state index in [9.17, 15) is 4.79 Å². The second-order valence-electron chi connectivity index (χ2n) is 5.95. The van der Waals surface area contributed by atoms with Gasteiger partial charge < -0.3 is 10.6 Å². The van der Waals surface area contributed by atoms with Crippen LogP contribution in [-0.4, -0.2) is 15.8 Å². The summed E-state index contributed by atoms with van der Waals surface area (Å²) in [5.41, 5.74) is 4.78. The van der Waals surface area contributed by atoms with E-state index < -0.39 is 0 Å². The van der Waals surface area contributed by atoms with Gasteiger partial charge in [-0.2, -0.15) is 5.10 Å². The van der Waals surface area contributed by atoms with Gasteiger partial charge in [-0.25, -0.2) is 4.79 Å². The van der Waals surface area contributed by atoms with Gasteiger partial charge in [0, 0.05) is 16.4 Å². The topological polar surface area (TPSA) is 59.0 Å². The molecule has 0 unspecified atom stereocenters. The zero-order valence-electron chi connectivity index (χ0n) is 14.1. The maximum atomic E-state index is 12.2. The second-order valence-corrected chi connectivity index (χ2v) is 6.87. The van der Waals surface area contributed by atoms with E-state index in [1.807, 2.05) is 62.5 Å². The highest BCUT2D eigenvalue weighted by molar-refractivity contribution is 9.10. The third-order valence-electron chi connectivity index (χ3n) is 3.78. The highest BCUT2D eigenvalue weighted by atomic mass is 79.9. The molecule has 1 heterocycles. The molecule has 0 saturated carbocycles. The van der Waals surface area contributed by atoms with Crippen LogP contribution in [0.3, 0.4) is 0 Å². The van der Waals surface area contributed by atoms with E-state index in [0.717, 1.165) is 26.9 Å². The van der Waals surface area contributed by atoms with Gasteiger partial charge in [-0.3, -0.25) is 4.68 Å². The number of rotatable bonds is 4. The maximum Gasteiger partial charge on any atom is 0.323 e. The summed E-state index contributed by atoms with van der Waals surface area (Å²) < 4.78 is 2.83. The van der Waals surface area contributed by atoms with Gasteiger partial charge in [-0.05, 0) is 43.2 Å². The number of aromatic nitrogens is 2. The number of benzene rings is 2. The summed E-state index contributed by atoms with van der Waals surface area (Å²) in [7, 11) is 0. The molecule has 0 saturated heterocycles. The van der Waals surface area contributed by atoms with Gasteiger partial charge in [0.2, 0.25) is 0 Å². The van der Waals surface area contributed by atoms with Crippen molar-refractivity contribution in [3.63, 3.8) is 0 Å². The minimum Gasteiger partial charge on any atom is -0.307 e. The smallest absolute Gasteiger partial charge is 0.307 e. The number of aryl methyl sites for hydroxylation is 2. The van der Waals surface area contributed by atoms with E-state index in [1.165, 1.54) is 0 Å². The first-order valence-corrected chi connectivity index (χ1v) is 8.71. The maximum absolute atomic E-state index is 12.2. The van der Waals surface area contributed by atoms with Crippen molar-refractivity contribution < 1.29 is 4.79 Å². The molecule has 0 spiro atoms. The van der Waals surface area contributed by atoms with Crippen LogP contribution in [0.2, 0.25) is 0 Å². The number of nitrogens with zero attached hydrogens (tertiary/aromatic N) is 2. The summed E-state index contributed by atoms with van der Waals surface area (Å²) in [5, 5.41) is 9.95. The zero-order valence-corrected chi connectivity index (χ0v) is 15.7. The summed E-state index contributed by atoms with van der Waals surface area (Å²) in [6.45, 7) is 4.64. The van der Waals surface area contributed by atoms with Crippen molar-refractivity contribution >= 4 is 33.3 Å². The van der Waals surface area contributed by atoms with Crippen LogP contribution in [0.15, 0.2) is 59.3 Å². The van der Waals surface area contributed by atoms with Gasteiger partial charge >= 0.3 is 6.03 Å². The molecule has 1 aromatic heterocycles. The van der Waals surface area contributed by atoms with E-state index in [4.69, 9.17) is 0 Å². The lowest BCUT2D eigenvalue weighted by Gasteiger charge is -2.09. The van der Waals surface area contributed by atoms with E-state index in [2.05, 4.69) is 31.7 Å². The van der Waals surface area contributed by atoms with Crippen molar-refractivity contribution in [2.45, 2.75) is 20.4 Å². The second kappa shape index (κ2) is 7.53. The Morgan fingerprint density at radius 2 is 1.88 bits per heavy atom. The molecule has 5 nitrogen and oxygen atoms in total. The Kier molecular flexibility index (Phi) is 5.19. The summed E-state index contributed by atoms with van der Waals surface area (Å²) in [5.74, 6) is 0. The van der Waals surface area contributed by atoms with Gasteiger partial charge in [0.1, 0.15) is 0 Å². The van der Waals surface area contributed by atoms with Crippen molar-refractivity contribution in [2.24, 2.45) is 0 Å². The minimum absolute atomic E-state index is 0.282. The molecular formula is C19H19BrN4O. The molecule has 0 atom stereocenters. The standard InChI is InChI=1S/C19H19BrN4O/c1-13-3-8-18(14(2)9-13)23-19(25)22-17-10-21-24(12-17)11-15-4-6-16(20)7-5-15/h3-10,12H,11H2,1-2H3,(H2,22,23,25). The fraction of sp³-hybridized carbons (Fsp3) is 0.158. The molecule has 3 rings (SSSR count). The third kappa shape index (κ3) is 4.70. The van der Waals surface area contributed by atoms with E-state index in [1.54, 1.807) is 10.9 Å². The summed E-state index contributed by atoms with van der Waals surface area (Å²) in [6, 6.07) is 13.7. The number of anilines is 2. The van der Waals surface area contributed by atoms with Crippen molar-refractivity contribution in [1.82, 2.24) is 9.78 Å². The number of carbonyl (C=O) groups is 1. The van der Waals surface area contributed by atoms with Crippen molar-refractivity contribution in [1.29, 1.82) is 0 Å². The molecule has 0 aliphatic rings. The zero-order chi connectivity index (χ0) is 17.8. The number of nitrogens with one attached hydrogen (secondary N) is 2. The van der Waals surface area contributed by atoms with Crippen LogP contribution in [0.5, 0.6) is 0 Å². The largest absolute Gasteiger partial charge is 0.323 e. The number of urea groups is 1. The molecule has 0 fully saturated rings. The molecule has 2 amide bonds. The molecule has 3 aromatic rings. The molecule has 128 valence electrons. The molecule has 25 heavy (non-hydrogen) atoms. The molecule has 0 bridgehead atoms. The predicted molar refractivity (Wildman–Crippen MR) is 104 cm³/mol. The van der Waals surface area contributed by atoms with E-state index in [-0.39, 0.29) is 6.03 Å². The van der Waals surface area contributed by atoms with Crippen LogP contribution in [0.4, 0.5) is 16.2 Å². The number of halogens is 1. The van der Waals surface area contributed by atoms with E-state index in [0.29, 0.717) is 12.2 Å². The van der Waals surface area contributed by atoms with Crippen molar-refractivity contribution in [3.8, 4) is 0 Å². The first-order valence-electron chi connectivity index (χ1n) is 7.92. The average molecular weight is 399 g/mol. The molecule has 0 aliphatic carbocycles. The van der Waals surface area contributed by atoms with Crippen molar-refractivity contribution in [2.75, 3.05) is 10.6 Å². The summed E-state index contributed by atoms with van der Waals surface area (Å²) in [4.78, 5) is 12.2. The van der Waals surface area contributed by atoms with Gasteiger partial charge in [-0.1, -0.05) is 45.8 Å². The Morgan fingerprint density at radius 1 is 1.12 bits per heavy atom. The molecular weight excluding hydrogens is 380 g/mol. The van der Waals surface area contributed by atoms with Crippen LogP contribution >= 0.6 is 15.9 Å². The van der Waals surface area contributed by atoms with Crippen molar-refractivity contribution in [3.05, 3.63) is 76.0 Å². The molecule has 0 radical (unpaired) electrons. The molecule has 6 heteroatoms. The first kappa shape index (κ1) is 17.2. The van der Waals surface area contributed by atoms with Crippen LogP contribution in [0, 0.1) is 13.8 Å². The Bertz CT molecular complexity index is 887. The summed E-state index contributed by atoms with van der Waals surface area (Å²) >= 11 is 3.42. The lowest BCUT2D eigenvalue weighted by Crippen LogP contribution is -2.19. The van der Waals surface area contributed by atoms with Gasteiger partial charge in [0.25, 0.3) is 0 Å². The Labute approximate surface area is 155 Å². The van der Waals surface area contributed by atoms with Crippen LogP contribution < -0.4 is 10.6 Å². The highest BCUT2D eigenvalue weighted by Gasteiger charge is 2.07. The number of hydrogen-bond donors (Lipinski definition) is 2. The lowest BCUT2D eigenvalue weighted by molar-refractivity contribution is 0.262. The van der Waals surface area contributed by atoms with Gasteiger partial charge in [0.15, 0.2) is 0 Å². The number of hydrogen-bond acceptors (Lipinski definition) is 2. The van der Waals surface area contributed by atoms with Crippen LogP contribution in [0.25, 0.3) is 0 Å². The monoisotopic (exact) mass is 398 g/mol. The van der Waals surface area contributed by atoms with E-state index >= 15 is 0 Å². The first-order chi connectivity index (χ1) is 12.0. The number of amides is 2. The Balaban J connectivity index is 1.60. The molecule has 2 aromatic carbocycles. The fourth-order valence-corrected chi connectivity index (χ4v) is 2.79. The fourth-order valence-electron chi connectivity index (χ4n) is 2.53. The normalized spacial score (nSPS) is 10.5. The number of carbonyl (C=O) groups excluding carboxylic acids is 1. The third-order valence-corrected chi connectivity index (χ3v) is 4.31. The molecule has 2 N–H and O–H groups in total. The van der Waals surface area contributed by atoms with Crippen LogP contribution in [0.1, 0.15) is 16.7 Å². The minimum atomic E-state index is -0.282.